The lowest BCUT2D eigenvalue weighted by Gasteiger charge is -2.40. The quantitative estimate of drug-likeness (QED) is 0.424. The molecule has 0 aromatic rings. The molecule has 3 aliphatic carbocycles. The zero-order valence-corrected chi connectivity index (χ0v) is 30.7. The van der Waals surface area contributed by atoms with E-state index in [0.717, 1.165) is 103 Å². The number of amides is 6. The van der Waals surface area contributed by atoms with Crippen molar-refractivity contribution in [3.63, 3.8) is 0 Å². The smallest absolute Gasteiger partial charge is 0.410 e. The van der Waals surface area contributed by atoms with Gasteiger partial charge in [-0.2, -0.15) is 0 Å². The van der Waals surface area contributed by atoms with Crippen molar-refractivity contribution in [2.24, 2.45) is 23.3 Å². The number of piperazine rings is 2. The molecule has 2 aliphatic heterocycles. The average Bonchev–Trinajstić information content (AvgIpc) is 3.15. The van der Waals surface area contributed by atoms with Crippen molar-refractivity contribution in [2.45, 2.75) is 114 Å². The maximum absolute atomic E-state index is 13.2. The van der Waals surface area contributed by atoms with E-state index >= 15 is 0 Å². The van der Waals surface area contributed by atoms with Gasteiger partial charge < -0.3 is 50.3 Å². The van der Waals surface area contributed by atoms with Crippen molar-refractivity contribution in [1.82, 2.24) is 29.4 Å². The van der Waals surface area contributed by atoms with Gasteiger partial charge in [0.05, 0.1) is 0 Å². The molecule has 4 N–H and O–H groups in total. The van der Waals surface area contributed by atoms with Gasteiger partial charge in [-0.05, 0) is 115 Å². The van der Waals surface area contributed by atoms with E-state index in [1.54, 1.807) is 9.80 Å². The van der Waals surface area contributed by atoms with Crippen LogP contribution in [0.15, 0.2) is 0 Å². The largest absolute Gasteiger partial charge is 0.446 e. The molecule has 5 aliphatic rings. The van der Waals surface area contributed by atoms with Crippen LogP contribution in [0, 0.1) is 11.8 Å². The molecule has 3 saturated carbocycles. The predicted octanol–water partition coefficient (Wildman–Crippen LogP) is 3.72. The molecular weight excluding hydrogens is 640 g/mol. The molecule has 2 heterocycles. The Morgan fingerprint density at radius 2 is 0.800 bits per heavy atom. The summed E-state index contributed by atoms with van der Waals surface area (Å²) in [6.07, 6.45) is 11.9. The summed E-state index contributed by atoms with van der Waals surface area (Å²) in [5.74, 6) is 1.14. The first-order chi connectivity index (χ1) is 24.2. The van der Waals surface area contributed by atoms with Gasteiger partial charge in [0.2, 0.25) is 0 Å². The Labute approximate surface area is 299 Å². The molecule has 14 nitrogen and oxygen atoms in total. The van der Waals surface area contributed by atoms with Crippen molar-refractivity contribution in [1.29, 1.82) is 0 Å². The summed E-state index contributed by atoms with van der Waals surface area (Å²) < 4.78 is 11.9. The monoisotopic (exact) mass is 704 g/mol. The van der Waals surface area contributed by atoms with Crippen LogP contribution in [0.3, 0.4) is 0 Å². The Balaban J connectivity index is 0.954. The number of nitrogens with two attached hydrogens (primary N) is 2. The second-order valence-corrected chi connectivity index (χ2v) is 15.4. The summed E-state index contributed by atoms with van der Waals surface area (Å²) in [7, 11) is 3.80. The summed E-state index contributed by atoms with van der Waals surface area (Å²) in [6.45, 7) is 5.35. The highest BCUT2D eigenvalue weighted by Gasteiger charge is 2.34. The Morgan fingerprint density at radius 3 is 1.10 bits per heavy atom. The Morgan fingerprint density at radius 1 is 0.500 bits per heavy atom. The fraction of sp³-hybridized carbons (Fsp3) is 0.889. The maximum atomic E-state index is 13.2. The third-order valence-electron chi connectivity index (χ3n) is 12.3. The molecule has 0 aromatic carbocycles. The Kier molecular flexibility index (Phi) is 14.1. The molecule has 0 spiro atoms. The summed E-state index contributed by atoms with van der Waals surface area (Å²) >= 11 is 0. The Bertz CT molecular complexity index is 1020. The van der Waals surface area contributed by atoms with Crippen LogP contribution in [0.25, 0.3) is 0 Å². The minimum Gasteiger partial charge on any atom is -0.446 e. The normalized spacial score (nSPS) is 29.8. The highest BCUT2D eigenvalue weighted by Crippen LogP contribution is 2.29. The van der Waals surface area contributed by atoms with Crippen LogP contribution in [0.4, 0.5) is 19.2 Å². The number of hydrogen-bond acceptors (Lipinski definition) is 8. The number of carbonyl (C=O) groups is 4. The molecule has 0 atom stereocenters. The van der Waals surface area contributed by atoms with Crippen LogP contribution < -0.4 is 11.5 Å². The zero-order valence-electron chi connectivity index (χ0n) is 30.7. The molecule has 6 amide bonds. The molecule has 284 valence electrons. The lowest BCUT2D eigenvalue weighted by Crippen LogP contribution is -2.55. The highest BCUT2D eigenvalue weighted by molar-refractivity contribution is 5.76. The van der Waals surface area contributed by atoms with Crippen molar-refractivity contribution in [2.75, 3.05) is 79.5 Å². The fourth-order valence-electron chi connectivity index (χ4n) is 8.56. The van der Waals surface area contributed by atoms with Crippen molar-refractivity contribution in [3.8, 4) is 0 Å². The molecule has 50 heavy (non-hydrogen) atoms. The lowest BCUT2D eigenvalue weighted by atomic mass is 9.85. The van der Waals surface area contributed by atoms with E-state index in [2.05, 4.69) is 0 Å². The number of ether oxygens (including phenoxy) is 2. The second-order valence-electron chi connectivity index (χ2n) is 15.4. The maximum Gasteiger partial charge on any atom is 0.410 e. The van der Waals surface area contributed by atoms with Crippen LogP contribution in [0.2, 0.25) is 0 Å². The van der Waals surface area contributed by atoms with Crippen molar-refractivity contribution in [3.05, 3.63) is 0 Å². The van der Waals surface area contributed by atoms with Gasteiger partial charge in [0.1, 0.15) is 12.2 Å². The molecule has 5 rings (SSSR count). The van der Waals surface area contributed by atoms with Gasteiger partial charge >= 0.3 is 24.2 Å². The number of carbonyl (C=O) groups excluding carboxylic acids is 4. The van der Waals surface area contributed by atoms with E-state index < -0.39 is 0 Å². The third kappa shape index (κ3) is 10.1. The second kappa shape index (κ2) is 18.5. The van der Waals surface area contributed by atoms with Gasteiger partial charge in [-0.1, -0.05) is 0 Å². The average molecular weight is 705 g/mol. The van der Waals surface area contributed by atoms with Crippen LogP contribution in [-0.2, 0) is 9.47 Å². The van der Waals surface area contributed by atoms with E-state index in [9.17, 15) is 19.2 Å². The van der Waals surface area contributed by atoms with E-state index in [4.69, 9.17) is 20.9 Å². The van der Waals surface area contributed by atoms with E-state index in [1.807, 2.05) is 33.7 Å². The molecule has 0 radical (unpaired) electrons. The van der Waals surface area contributed by atoms with Crippen LogP contribution in [-0.4, -0.2) is 157 Å². The summed E-state index contributed by atoms with van der Waals surface area (Å²) in [5.41, 5.74) is 11.7. The van der Waals surface area contributed by atoms with Crippen LogP contribution in [0.1, 0.15) is 89.9 Å². The summed E-state index contributed by atoms with van der Waals surface area (Å²) in [6, 6.07) is 0.600. The fourth-order valence-corrected chi connectivity index (χ4v) is 8.56. The van der Waals surface area contributed by atoms with Gasteiger partial charge in [-0.25, -0.2) is 19.2 Å². The standard InChI is InChI=1S/C36H64N8O6/c1-39(29-13-9-27(25-37)10-14-29)33(45)41-17-21-43(22-18-41)35(47)49-31-5-3-7-32(8-4-6-31)50-36(48)44-23-19-42(20-24-44)34(46)40(2)30-15-11-28(26-38)12-16-30/h27-32H,3-26,37-38H2,1-2H3/t27-,28-,29-,30-,31-,32+. The zero-order chi connectivity index (χ0) is 35.6. The number of hydrogen-bond donors (Lipinski definition) is 2. The van der Waals surface area contributed by atoms with Gasteiger partial charge in [0.15, 0.2) is 0 Å². The van der Waals surface area contributed by atoms with Crippen LogP contribution in [0.5, 0.6) is 0 Å². The molecule has 5 fully saturated rings. The predicted molar refractivity (Wildman–Crippen MR) is 190 cm³/mol. The first-order valence-electron chi connectivity index (χ1n) is 19.5. The SMILES string of the molecule is CN(C(=O)N1CCN(C(=O)O[C@H]2CCC[C@@H](OC(=O)N3CCN(C(=O)N(C)[C@H]4CC[C@H](CN)CC4)CC3)CCC2)CC1)[C@H]1CC[C@H](CN)CC1. The molecular formula is C36H64N8O6. The molecule has 0 unspecified atom stereocenters. The molecule has 14 heteroatoms. The number of nitrogens with zero attached hydrogens (tertiary/aromatic N) is 6. The van der Waals surface area contributed by atoms with E-state index in [0.29, 0.717) is 64.2 Å². The van der Waals surface area contributed by atoms with Gasteiger partial charge in [-0.15, -0.1) is 0 Å². The first kappa shape index (κ1) is 38.2. The lowest BCUT2D eigenvalue weighted by molar-refractivity contribution is 0.0179. The van der Waals surface area contributed by atoms with Gasteiger partial charge in [-0.3, -0.25) is 0 Å². The first-order valence-corrected chi connectivity index (χ1v) is 19.5. The molecule has 2 saturated heterocycles. The van der Waals surface area contributed by atoms with Crippen molar-refractivity contribution >= 4 is 24.2 Å². The van der Waals surface area contributed by atoms with Gasteiger partial charge in [0.25, 0.3) is 0 Å². The van der Waals surface area contributed by atoms with Gasteiger partial charge in [0, 0.05) is 78.5 Å². The minimum absolute atomic E-state index is 0.0430. The van der Waals surface area contributed by atoms with Crippen molar-refractivity contribution < 1.29 is 28.7 Å². The number of rotatable bonds is 6. The minimum atomic E-state index is -0.304. The molecule has 0 aromatic heterocycles. The van der Waals surface area contributed by atoms with Crippen LogP contribution >= 0.6 is 0 Å². The Hall–Kier alpha value is -3.00. The number of urea groups is 2. The topological polar surface area (TPSA) is 158 Å². The summed E-state index contributed by atoms with van der Waals surface area (Å²) in [5, 5.41) is 0. The van der Waals surface area contributed by atoms with E-state index in [-0.39, 0.29) is 48.5 Å². The van der Waals surface area contributed by atoms with E-state index in [1.165, 1.54) is 0 Å². The third-order valence-corrected chi connectivity index (χ3v) is 12.3. The highest BCUT2D eigenvalue weighted by atomic mass is 16.6. The molecule has 0 bridgehead atoms. The summed E-state index contributed by atoms with van der Waals surface area (Å²) in [4.78, 5) is 63.3.